The molecule has 0 spiro atoms. The average Bonchev–Trinajstić information content (AvgIpc) is 2.91. The lowest BCUT2D eigenvalue weighted by Gasteiger charge is -2.39. The smallest absolute Gasteiger partial charge is 0.410 e. The lowest BCUT2D eigenvalue weighted by molar-refractivity contribution is -0.0177. The summed E-state index contributed by atoms with van der Waals surface area (Å²) in [5.74, 6) is 0. The van der Waals surface area contributed by atoms with E-state index in [1.165, 1.54) is 5.56 Å². The summed E-state index contributed by atoms with van der Waals surface area (Å²) in [5.41, 5.74) is 2.00. The average molecular weight is 632 g/mol. The quantitative estimate of drug-likeness (QED) is 0.350. The number of rotatable bonds is 6. The van der Waals surface area contributed by atoms with Crippen molar-refractivity contribution in [2.45, 2.75) is 96.6 Å². The predicted octanol–water partition coefficient (Wildman–Crippen LogP) is 8.00. The van der Waals surface area contributed by atoms with E-state index in [2.05, 4.69) is 17.4 Å². The van der Waals surface area contributed by atoms with Crippen LogP contribution in [0.15, 0.2) is 48.5 Å². The van der Waals surface area contributed by atoms with Crippen LogP contribution in [0.4, 0.5) is 4.79 Å². The second kappa shape index (κ2) is 18.2. The molecule has 4 rings (SSSR count). The Morgan fingerprint density at radius 3 is 1.90 bits per heavy atom. The lowest BCUT2D eigenvalue weighted by Crippen LogP contribution is -2.50. The van der Waals surface area contributed by atoms with Crippen LogP contribution < -0.4 is 5.32 Å². The van der Waals surface area contributed by atoms with E-state index >= 15 is 0 Å². The molecule has 1 N–H and O–H groups in total. The third-order valence-corrected chi connectivity index (χ3v) is 7.69. The number of hydrogen-bond donors (Lipinski definition) is 1. The molecule has 2 saturated heterocycles. The van der Waals surface area contributed by atoms with Crippen LogP contribution >= 0.6 is 35.6 Å². The third-order valence-electron chi connectivity index (χ3n) is 7.19. The van der Waals surface area contributed by atoms with Gasteiger partial charge in [0.05, 0.1) is 12.2 Å². The third kappa shape index (κ3) is 13.1. The maximum Gasteiger partial charge on any atom is 0.410 e. The van der Waals surface area contributed by atoms with Gasteiger partial charge in [-0.05, 0) is 101 Å². The minimum Gasteiger partial charge on any atom is -0.444 e. The number of hydrogen-bond acceptors (Lipinski definition) is 5. The van der Waals surface area contributed by atoms with Gasteiger partial charge >= 0.3 is 6.09 Å². The fourth-order valence-electron chi connectivity index (χ4n) is 5.12. The minimum atomic E-state index is -0.486. The molecule has 2 unspecified atom stereocenters. The number of likely N-dealkylation sites (tertiary alicyclic amines) is 1. The predicted molar refractivity (Wildman–Crippen MR) is 173 cm³/mol. The van der Waals surface area contributed by atoms with Crippen molar-refractivity contribution < 1.29 is 19.0 Å². The van der Waals surface area contributed by atoms with Crippen LogP contribution in [-0.2, 0) is 27.1 Å². The number of carbonyl (C=O) groups excluding carboxylic acids is 1. The molecule has 2 aromatic rings. The highest BCUT2D eigenvalue weighted by Crippen LogP contribution is 2.25. The summed E-state index contributed by atoms with van der Waals surface area (Å²) in [6, 6.07) is 16.5. The van der Waals surface area contributed by atoms with E-state index < -0.39 is 5.60 Å². The molecule has 4 atom stereocenters. The van der Waals surface area contributed by atoms with Gasteiger partial charge in [0.25, 0.3) is 0 Å². The number of halogens is 3. The van der Waals surface area contributed by atoms with Gasteiger partial charge in [-0.25, -0.2) is 4.79 Å². The van der Waals surface area contributed by atoms with Gasteiger partial charge in [0.2, 0.25) is 0 Å². The van der Waals surface area contributed by atoms with Crippen molar-refractivity contribution in [2.24, 2.45) is 0 Å². The molecule has 2 aromatic carbocycles. The Morgan fingerprint density at radius 1 is 0.878 bits per heavy atom. The lowest BCUT2D eigenvalue weighted by atomic mass is 9.94. The Hall–Kier alpha value is -1.54. The number of carbonyl (C=O) groups is 1. The number of nitrogens with zero attached hydrogens (tertiary/aromatic N) is 1. The van der Waals surface area contributed by atoms with Crippen molar-refractivity contribution >= 4 is 41.7 Å². The number of benzene rings is 2. The normalized spacial score (nSPS) is 22.4. The highest BCUT2D eigenvalue weighted by molar-refractivity contribution is 6.30. The van der Waals surface area contributed by atoms with Gasteiger partial charge in [-0.15, -0.1) is 12.4 Å². The summed E-state index contributed by atoms with van der Waals surface area (Å²) in [6.45, 7) is 7.38. The van der Waals surface area contributed by atoms with E-state index in [1.54, 1.807) is 14.2 Å². The van der Waals surface area contributed by atoms with E-state index in [9.17, 15) is 4.79 Å². The molecule has 0 saturated carbocycles. The SMILES string of the molecule is C.CO[C@H]1CCN(C(=O)OC(C)(C)C)C(Cc2ccc(Cl)cc2)C1.CO[C@H]1CCNC(Cc2ccc(Cl)cc2)C1.Cl. The van der Waals surface area contributed by atoms with Gasteiger partial charge in [-0.2, -0.15) is 0 Å². The number of nitrogens with one attached hydrogen (secondary N) is 1. The zero-order valence-corrected chi connectivity index (χ0v) is 26.7. The molecule has 0 aliphatic carbocycles. The van der Waals surface area contributed by atoms with Crippen molar-refractivity contribution in [2.75, 3.05) is 27.3 Å². The molecule has 0 aromatic heterocycles. The summed E-state index contributed by atoms with van der Waals surface area (Å²) >= 11 is 11.8. The molecule has 2 aliphatic heterocycles. The molecule has 9 heteroatoms. The maximum absolute atomic E-state index is 12.5. The van der Waals surface area contributed by atoms with Crippen molar-refractivity contribution in [3.8, 4) is 0 Å². The first-order chi connectivity index (χ1) is 18.6. The topological polar surface area (TPSA) is 60.0 Å². The van der Waals surface area contributed by atoms with Crippen LogP contribution in [0.3, 0.4) is 0 Å². The highest BCUT2D eigenvalue weighted by atomic mass is 35.5. The molecule has 0 radical (unpaired) electrons. The van der Waals surface area contributed by atoms with Gasteiger partial charge in [-0.1, -0.05) is 54.9 Å². The molecule has 41 heavy (non-hydrogen) atoms. The van der Waals surface area contributed by atoms with Crippen LogP contribution in [0.5, 0.6) is 0 Å². The molecule has 2 aliphatic rings. The molecule has 6 nitrogen and oxygen atoms in total. The van der Waals surface area contributed by atoms with Gasteiger partial charge in [-0.3, -0.25) is 0 Å². The van der Waals surface area contributed by atoms with Crippen LogP contribution in [-0.4, -0.2) is 68.2 Å². The molecule has 2 heterocycles. The second-order valence-corrected chi connectivity index (χ2v) is 12.3. The van der Waals surface area contributed by atoms with Crippen molar-refractivity contribution in [3.05, 3.63) is 69.7 Å². The Morgan fingerprint density at radius 2 is 1.39 bits per heavy atom. The monoisotopic (exact) mass is 630 g/mol. The van der Waals surface area contributed by atoms with Crippen LogP contribution in [0, 0.1) is 0 Å². The summed E-state index contributed by atoms with van der Waals surface area (Å²) < 4.78 is 16.5. The minimum absolute atomic E-state index is 0. The maximum atomic E-state index is 12.5. The van der Waals surface area contributed by atoms with Gasteiger partial charge in [0.15, 0.2) is 0 Å². The number of methoxy groups -OCH3 is 2. The highest BCUT2D eigenvalue weighted by Gasteiger charge is 2.34. The molecule has 232 valence electrons. The molecular weight excluding hydrogens is 583 g/mol. The molecule has 0 bridgehead atoms. The van der Waals surface area contributed by atoms with Crippen LogP contribution in [0.25, 0.3) is 0 Å². The van der Waals surface area contributed by atoms with Crippen LogP contribution in [0.1, 0.15) is 65.0 Å². The molecule has 1 amide bonds. The summed E-state index contributed by atoms with van der Waals surface area (Å²) in [6.07, 6.45) is 6.06. The van der Waals surface area contributed by atoms with E-state index in [0.29, 0.717) is 18.7 Å². The largest absolute Gasteiger partial charge is 0.444 e. The number of amides is 1. The second-order valence-electron chi connectivity index (χ2n) is 11.4. The Bertz CT molecular complexity index is 1020. The van der Waals surface area contributed by atoms with Crippen molar-refractivity contribution in [1.82, 2.24) is 10.2 Å². The Kier molecular flexibility index (Phi) is 16.6. The van der Waals surface area contributed by atoms with Crippen molar-refractivity contribution in [3.63, 3.8) is 0 Å². The standard InChI is InChI=1S/C18H26ClNO3.C13H18ClNO.CH4.ClH/c1-18(2,3)23-17(21)20-10-9-16(22-4)12-15(20)11-13-5-7-14(19)8-6-13;1-16-13-6-7-15-12(9-13)8-10-2-4-11(14)5-3-10;;/h5-8,15-16H,9-12H2,1-4H3;2-5,12-13,15H,6-9H2,1H3;1H4;1H/t15?,16-;12?,13-;;/m00../s1. The summed E-state index contributed by atoms with van der Waals surface area (Å²) in [4.78, 5) is 14.3. The Balaban J connectivity index is 0.000000413. The van der Waals surface area contributed by atoms with E-state index in [4.69, 9.17) is 37.4 Å². The van der Waals surface area contributed by atoms with Crippen LogP contribution in [0.2, 0.25) is 10.0 Å². The first-order valence-electron chi connectivity index (χ1n) is 13.8. The van der Waals surface area contributed by atoms with E-state index in [0.717, 1.165) is 60.7 Å². The zero-order chi connectivity index (χ0) is 28.4. The zero-order valence-electron chi connectivity index (χ0n) is 24.3. The van der Waals surface area contributed by atoms with Gasteiger partial charge in [0, 0.05) is 42.9 Å². The van der Waals surface area contributed by atoms with Crippen molar-refractivity contribution in [1.29, 1.82) is 0 Å². The van der Waals surface area contributed by atoms with E-state index in [-0.39, 0.29) is 38.1 Å². The fourth-order valence-corrected chi connectivity index (χ4v) is 5.37. The summed E-state index contributed by atoms with van der Waals surface area (Å²) in [5, 5.41) is 5.05. The molecular formula is C32H49Cl3N2O4. The van der Waals surface area contributed by atoms with E-state index in [1.807, 2.05) is 62.1 Å². The summed E-state index contributed by atoms with van der Waals surface area (Å²) in [7, 11) is 3.53. The number of piperidine rings is 2. The van der Waals surface area contributed by atoms with Gasteiger partial charge < -0.3 is 24.4 Å². The fraction of sp³-hybridized carbons (Fsp3) is 0.594. The van der Waals surface area contributed by atoms with Gasteiger partial charge in [0.1, 0.15) is 5.60 Å². The molecule has 2 fully saturated rings. The first kappa shape index (κ1) is 37.5. The first-order valence-corrected chi connectivity index (χ1v) is 14.6. The Labute approximate surface area is 263 Å². The number of ether oxygens (including phenoxy) is 3.